The lowest BCUT2D eigenvalue weighted by Crippen LogP contribution is -2.29. The first kappa shape index (κ1) is 18.8. The van der Waals surface area contributed by atoms with Gasteiger partial charge in [0.1, 0.15) is 0 Å². The van der Waals surface area contributed by atoms with Crippen molar-refractivity contribution in [2.45, 2.75) is 25.8 Å². The Morgan fingerprint density at radius 2 is 2.04 bits per heavy atom. The number of nitrogens with zero attached hydrogens (tertiary/aromatic N) is 2. The van der Waals surface area contributed by atoms with E-state index in [2.05, 4.69) is 19.9 Å². The van der Waals surface area contributed by atoms with Gasteiger partial charge in [0.25, 0.3) is 5.91 Å². The number of rotatable bonds is 6. The highest BCUT2D eigenvalue weighted by Crippen LogP contribution is 2.20. The van der Waals surface area contributed by atoms with Crippen molar-refractivity contribution < 1.29 is 13.2 Å². The second-order valence-corrected chi connectivity index (χ2v) is 9.00. The van der Waals surface area contributed by atoms with Crippen LogP contribution in [-0.2, 0) is 16.6 Å². The minimum Gasteiger partial charge on any atom is -0.298 e. The fraction of sp³-hybridized carbons (Fsp3) is 0.412. The highest BCUT2D eigenvalue weighted by atomic mass is 32.2. The van der Waals surface area contributed by atoms with E-state index in [0.717, 1.165) is 31.6 Å². The van der Waals surface area contributed by atoms with Gasteiger partial charge < -0.3 is 0 Å². The van der Waals surface area contributed by atoms with E-state index in [9.17, 15) is 13.2 Å². The fourth-order valence-corrected chi connectivity index (χ4v) is 4.14. The number of piperidine rings is 1. The zero-order valence-corrected chi connectivity index (χ0v) is 16.2. The number of sulfonamides is 1. The molecule has 140 valence electrons. The summed E-state index contributed by atoms with van der Waals surface area (Å²) in [6.45, 7) is 3.00. The van der Waals surface area contributed by atoms with Gasteiger partial charge in [-0.3, -0.25) is 19.7 Å². The number of amides is 1. The van der Waals surface area contributed by atoms with Gasteiger partial charge in [0, 0.05) is 23.2 Å². The maximum atomic E-state index is 12.4. The maximum Gasteiger partial charge on any atom is 0.257 e. The van der Waals surface area contributed by atoms with Crippen LogP contribution in [-0.4, -0.2) is 43.6 Å². The Morgan fingerprint density at radius 3 is 2.77 bits per heavy atom. The van der Waals surface area contributed by atoms with Gasteiger partial charge in [-0.2, -0.15) is 0 Å². The lowest BCUT2D eigenvalue weighted by Gasteiger charge is -2.25. The first-order valence-electron chi connectivity index (χ1n) is 8.45. The van der Waals surface area contributed by atoms with Crippen LogP contribution in [0, 0.1) is 0 Å². The van der Waals surface area contributed by atoms with E-state index in [0.29, 0.717) is 16.4 Å². The summed E-state index contributed by atoms with van der Waals surface area (Å²) in [6.07, 6.45) is 4.82. The highest BCUT2D eigenvalue weighted by molar-refractivity contribution is 7.92. The normalized spacial score (nSPS) is 15.6. The molecule has 0 atom stereocenters. The second kappa shape index (κ2) is 8.15. The van der Waals surface area contributed by atoms with Gasteiger partial charge in [0.05, 0.1) is 11.9 Å². The van der Waals surface area contributed by atoms with Crippen molar-refractivity contribution in [3.8, 4) is 0 Å². The zero-order valence-electron chi connectivity index (χ0n) is 14.6. The Hall–Kier alpha value is -1.97. The molecule has 2 heterocycles. The van der Waals surface area contributed by atoms with Crippen LogP contribution < -0.4 is 10.0 Å². The molecule has 9 heteroatoms. The Balaban J connectivity index is 1.62. The predicted molar refractivity (Wildman–Crippen MR) is 104 cm³/mol. The summed E-state index contributed by atoms with van der Waals surface area (Å²) in [4.78, 5) is 19.3. The number of hydrogen-bond acceptors (Lipinski definition) is 6. The molecule has 3 rings (SSSR count). The van der Waals surface area contributed by atoms with E-state index in [1.54, 1.807) is 18.2 Å². The first-order valence-corrected chi connectivity index (χ1v) is 11.2. The summed E-state index contributed by atoms with van der Waals surface area (Å²) in [5.41, 5.74) is 1.68. The van der Waals surface area contributed by atoms with Gasteiger partial charge in [0.2, 0.25) is 10.0 Å². The van der Waals surface area contributed by atoms with Crippen LogP contribution >= 0.6 is 11.3 Å². The summed E-state index contributed by atoms with van der Waals surface area (Å²) in [5.74, 6) is -0.318. The number of nitrogens with one attached hydrogen (secondary N) is 2. The monoisotopic (exact) mass is 394 g/mol. The molecule has 0 aliphatic carbocycles. The van der Waals surface area contributed by atoms with Crippen LogP contribution in [0.15, 0.2) is 29.6 Å². The Kier molecular flexibility index (Phi) is 5.90. The van der Waals surface area contributed by atoms with Crippen molar-refractivity contribution in [1.82, 2.24) is 9.88 Å². The minimum absolute atomic E-state index is 0.318. The Bertz CT molecular complexity index is 874. The molecule has 0 unspecified atom stereocenters. The van der Waals surface area contributed by atoms with Crippen LogP contribution in [0.3, 0.4) is 0 Å². The van der Waals surface area contributed by atoms with Crippen molar-refractivity contribution >= 4 is 38.1 Å². The molecule has 2 aromatic rings. The summed E-state index contributed by atoms with van der Waals surface area (Å²) in [6, 6.07) is 6.35. The molecule has 1 aliphatic heterocycles. The van der Waals surface area contributed by atoms with E-state index in [4.69, 9.17) is 0 Å². The Morgan fingerprint density at radius 1 is 1.27 bits per heavy atom. The minimum atomic E-state index is -3.39. The quantitative estimate of drug-likeness (QED) is 0.786. The van der Waals surface area contributed by atoms with E-state index >= 15 is 0 Å². The van der Waals surface area contributed by atoms with Gasteiger partial charge in [-0.15, -0.1) is 11.3 Å². The SMILES string of the molecule is CS(=O)(=O)Nc1cccc(C(=O)Nc2nc(CN3CCCCC3)cs2)c1. The van der Waals surface area contributed by atoms with Crippen molar-refractivity contribution in [3.05, 3.63) is 40.9 Å². The number of aromatic nitrogens is 1. The van der Waals surface area contributed by atoms with Crippen molar-refractivity contribution in [2.24, 2.45) is 0 Å². The van der Waals surface area contributed by atoms with Gasteiger partial charge in [-0.1, -0.05) is 12.5 Å². The lowest BCUT2D eigenvalue weighted by atomic mass is 10.1. The van der Waals surface area contributed by atoms with E-state index in [1.807, 2.05) is 5.38 Å². The smallest absolute Gasteiger partial charge is 0.257 e. The van der Waals surface area contributed by atoms with E-state index < -0.39 is 10.0 Å². The van der Waals surface area contributed by atoms with Crippen molar-refractivity contribution in [3.63, 3.8) is 0 Å². The predicted octanol–water partition coefficient (Wildman–Crippen LogP) is 2.75. The molecule has 1 aliphatic rings. The number of anilines is 2. The Labute approximate surface area is 157 Å². The largest absolute Gasteiger partial charge is 0.298 e. The third-order valence-electron chi connectivity index (χ3n) is 4.03. The number of carbonyl (C=O) groups excluding carboxylic acids is 1. The number of carbonyl (C=O) groups is 1. The first-order chi connectivity index (χ1) is 12.4. The summed E-state index contributed by atoms with van der Waals surface area (Å²) in [7, 11) is -3.39. The number of hydrogen-bond donors (Lipinski definition) is 2. The lowest BCUT2D eigenvalue weighted by molar-refractivity contribution is 0.102. The molecule has 0 bridgehead atoms. The molecular formula is C17H22N4O3S2. The van der Waals surface area contributed by atoms with Crippen LogP contribution in [0.5, 0.6) is 0 Å². The van der Waals surface area contributed by atoms with Crippen LogP contribution in [0.2, 0.25) is 0 Å². The van der Waals surface area contributed by atoms with Gasteiger partial charge in [0.15, 0.2) is 5.13 Å². The van der Waals surface area contributed by atoms with Crippen LogP contribution in [0.1, 0.15) is 35.3 Å². The number of benzene rings is 1. The summed E-state index contributed by atoms with van der Waals surface area (Å²) >= 11 is 1.39. The average molecular weight is 395 g/mol. The molecule has 2 N–H and O–H groups in total. The molecule has 26 heavy (non-hydrogen) atoms. The average Bonchev–Trinajstić information content (AvgIpc) is 3.01. The van der Waals surface area contributed by atoms with Crippen molar-refractivity contribution in [2.75, 3.05) is 29.4 Å². The molecule has 7 nitrogen and oxygen atoms in total. The van der Waals surface area contributed by atoms with E-state index in [1.165, 1.54) is 36.7 Å². The molecule has 1 fully saturated rings. The standard InChI is InChI=1S/C17H22N4O3S2/c1-26(23,24)20-14-7-5-6-13(10-14)16(22)19-17-18-15(12-25-17)11-21-8-3-2-4-9-21/h5-7,10,12,20H,2-4,8-9,11H2,1H3,(H,18,19,22). The fourth-order valence-electron chi connectivity index (χ4n) is 2.89. The molecule has 0 spiro atoms. The molecule has 1 saturated heterocycles. The zero-order chi connectivity index (χ0) is 18.6. The van der Waals surface area contributed by atoms with E-state index in [-0.39, 0.29) is 5.91 Å². The van der Waals surface area contributed by atoms with Gasteiger partial charge >= 0.3 is 0 Å². The molecule has 0 saturated carbocycles. The molecule has 1 aromatic heterocycles. The molecule has 0 radical (unpaired) electrons. The van der Waals surface area contributed by atoms with Crippen molar-refractivity contribution in [1.29, 1.82) is 0 Å². The maximum absolute atomic E-state index is 12.4. The number of thiazole rings is 1. The van der Waals surface area contributed by atoms with Crippen LogP contribution in [0.4, 0.5) is 10.8 Å². The third kappa shape index (κ3) is 5.52. The summed E-state index contributed by atoms with van der Waals surface area (Å²) < 4.78 is 25.0. The summed E-state index contributed by atoms with van der Waals surface area (Å²) in [5, 5.41) is 5.29. The van der Waals surface area contributed by atoms with Gasteiger partial charge in [-0.05, 0) is 44.1 Å². The third-order valence-corrected chi connectivity index (χ3v) is 5.45. The number of likely N-dealkylation sites (tertiary alicyclic amines) is 1. The topological polar surface area (TPSA) is 91.4 Å². The second-order valence-electron chi connectivity index (χ2n) is 6.39. The van der Waals surface area contributed by atoms with Crippen LogP contribution in [0.25, 0.3) is 0 Å². The highest BCUT2D eigenvalue weighted by Gasteiger charge is 2.14. The molecule has 1 amide bonds. The molecule has 1 aromatic carbocycles. The molecular weight excluding hydrogens is 372 g/mol. The van der Waals surface area contributed by atoms with Gasteiger partial charge in [-0.25, -0.2) is 13.4 Å².